The minimum atomic E-state index is -0.185. The van der Waals surface area contributed by atoms with Crippen LogP contribution >= 0.6 is 0 Å². The zero-order valence-electron chi connectivity index (χ0n) is 8.24. The first-order valence-corrected chi connectivity index (χ1v) is 4.45. The molecule has 0 N–H and O–H groups in total. The Labute approximate surface area is 74.0 Å². The predicted molar refractivity (Wildman–Crippen MR) is 45.9 cm³/mol. The standard InChI is InChI=1S/C9H18O3/c1-5-7-6(2)8(10-3)9(11-4)12-7/h6-9H,5H2,1-4H3/t6-,7+,8+,9+/m0/s1. The Morgan fingerprint density at radius 2 is 1.92 bits per heavy atom. The monoisotopic (exact) mass is 174 g/mol. The molecule has 1 fully saturated rings. The van der Waals surface area contributed by atoms with E-state index in [-0.39, 0.29) is 18.5 Å². The Morgan fingerprint density at radius 3 is 2.25 bits per heavy atom. The summed E-state index contributed by atoms with van der Waals surface area (Å²) in [5.41, 5.74) is 0. The van der Waals surface area contributed by atoms with Gasteiger partial charge in [0.2, 0.25) is 0 Å². The van der Waals surface area contributed by atoms with Crippen molar-refractivity contribution >= 4 is 0 Å². The highest BCUT2D eigenvalue weighted by Gasteiger charge is 2.41. The van der Waals surface area contributed by atoms with Crippen molar-refractivity contribution < 1.29 is 14.2 Å². The summed E-state index contributed by atoms with van der Waals surface area (Å²) in [6.07, 6.45) is 1.19. The van der Waals surface area contributed by atoms with Crippen molar-refractivity contribution in [2.24, 2.45) is 5.92 Å². The second-order valence-electron chi connectivity index (χ2n) is 3.25. The van der Waals surface area contributed by atoms with Gasteiger partial charge in [-0.25, -0.2) is 0 Å². The maximum Gasteiger partial charge on any atom is 0.184 e. The van der Waals surface area contributed by atoms with Crippen LogP contribution in [0.25, 0.3) is 0 Å². The molecule has 12 heavy (non-hydrogen) atoms. The third kappa shape index (κ3) is 1.63. The third-order valence-corrected chi connectivity index (χ3v) is 2.59. The molecule has 1 rings (SSSR count). The highest BCUT2D eigenvalue weighted by molar-refractivity contribution is 4.83. The highest BCUT2D eigenvalue weighted by atomic mass is 16.7. The molecular formula is C9H18O3. The normalized spacial score (nSPS) is 42.0. The van der Waals surface area contributed by atoms with E-state index in [1.165, 1.54) is 0 Å². The fraction of sp³-hybridized carbons (Fsp3) is 1.00. The van der Waals surface area contributed by atoms with E-state index >= 15 is 0 Å². The van der Waals surface area contributed by atoms with E-state index in [0.717, 1.165) is 6.42 Å². The Balaban J connectivity index is 2.58. The van der Waals surface area contributed by atoms with Crippen molar-refractivity contribution in [1.82, 2.24) is 0 Å². The van der Waals surface area contributed by atoms with Crippen molar-refractivity contribution in [1.29, 1.82) is 0 Å². The van der Waals surface area contributed by atoms with E-state index in [0.29, 0.717) is 5.92 Å². The van der Waals surface area contributed by atoms with E-state index < -0.39 is 0 Å². The van der Waals surface area contributed by atoms with Crippen molar-refractivity contribution in [2.45, 2.75) is 38.8 Å². The first-order chi connectivity index (χ1) is 5.74. The summed E-state index contributed by atoms with van der Waals surface area (Å²) < 4.78 is 16.1. The van der Waals surface area contributed by atoms with Gasteiger partial charge in [0.1, 0.15) is 6.10 Å². The van der Waals surface area contributed by atoms with E-state index in [1.807, 2.05) is 0 Å². The zero-order valence-corrected chi connectivity index (χ0v) is 8.24. The van der Waals surface area contributed by atoms with Gasteiger partial charge >= 0.3 is 0 Å². The van der Waals surface area contributed by atoms with E-state index in [1.54, 1.807) is 14.2 Å². The van der Waals surface area contributed by atoms with Crippen molar-refractivity contribution in [3.05, 3.63) is 0 Å². The Morgan fingerprint density at radius 1 is 1.25 bits per heavy atom. The molecule has 3 nitrogen and oxygen atoms in total. The molecule has 0 spiro atoms. The summed E-state index contributed by atoms with van der Waals surface area (Å²) >= 11 is 0. The first-order valence-electron chi connectivity index (χ1n) is 4.45. The summed E-state index contributed by atoms with van der Waals surface area (Å²) in [4.78, 5) is 0. The van der Waals surface area contributed by atoms with Crippen LogP contribution in [0, 0.1) is 5.92 Å². The SMILES string of the molecule is CC[C@H]1O[C@@H](OC)[C@H](OC)[C@H]1C. The van der Waals surface area contributed by atoms with Gasteiger partial charge in [-0.3, -0.25) is 0 Å². The maximum atomic E-state index is 5.63. The van der Waals surface area contributed by atoms with Crippen LogP contribution in [0.15, 0.2) is 0 Å². The Hall–Kier alpha value is -0.120. The van der Waals surface area contributed by atoms with Crippen molar-refractivity contribution in [3.8, 4) is 0 Å². The molecule has 0 aliphatic carbocycles. The number of ether oxygens (including phenoxy) is 3. The van der Waals surface area contributed by atoms with Gasteiger partial charge in [-0.05, 0) is 6.42 Å². The molecule has 72 valence electrons. The number of hydrogen-bond donors (Lipinski definition) is 0. The van der Waals surface area contributed by atoms with Crippen LogP contribution in [0.5, 0.6) is 0 Å². The average molecular weight is 174 g/mol. The molecule has 0 saturated carbocycles. The zero-order chi connectivity index (χ0) is 9.14. The first kappa shape index (κ1) is 9.96. The molecule has 1 saturated heterocycles. The second-order valence-corrected chi connectivity index (χ2v) is 3.25. The molecule has 1 aliphatic rings. The molecule has 1 aliphatic heterocycles. The number of hydrogen-bond acceptors (Lipinski definition) is 3. The fourth-order valence-corrected chi connectivity index (χ4v) is 1.82. The Kier molecular flexibility index (Phi) is 3.50. The summed E-state index contributed by atoms with van der Waals surface area (Å²) in [7, 11) is 3.36. The molecule has 0 unspecified atom stereocenters. The minimum Gasteiger partial charge on any atom is -0.376 e. The van der Waals surface area contributed by atoms with Crippen LogP contribution in [0.2, 0.25) is 0 Å². The molecule has 0 bridgehead atoms. The highest BCUT2D eigenvalue weighted by Crippen LogP contribution is 2.30. The lowest BCUT2D eigenvalue weighted by atomic mass is 9.99. The molecule has 0 aromatic heterocycles. The van der Waals surface area contributed by atoms with Crippen LogP contribution in [0.3, 0.4) is 0 Å². The van der Waals surface area contributed by atoms with Crippen LogP contribution in [0.4, 0.5) is 0 Å². The summed E-state index contributed by atoms with van der Waals surface area (Å²) in [6, 6.07) is 0. The van der Waals surface area contributed by atoms with Crippen molar-refractivity contribution in [3.63, 3.8) is 0 Å². The lowest BCUT2D eigenvalue weighted by molar-refractivity contribution is -0.155. The molecule has 0 radical (unpaired) electrons. The topological polar surface area (TPSA) is 27.7 Å². The average Bonchev–Trinajstić information content (AvgIpc) is 2.41. The van der Waals surface area contributed by atoms with Gasteiger partial charge in [-0.15, -0.1) is 0 Å². The van der Waals surface area contributed by atoms with Gasteiger partial charge in [0, 0.05) is 20.1 Å². The van der Waals surface area contributed by atoms with Crippen LogP contribution in [0.1, 0.15) is 20.3 Å². The fourth-order valence-electron chi connectivity index (χ4n) is 1.82. The molecule has 0 amide bonds. The quantitative estimate of drug-likeness (QED) is 0.647. The van der Waals surface area contributed by atoms with Gasteiger partial charge in [-0.2, -0.15) is 0 Å². The van der Waals surface area contributed by atoms with E-state index in [2.05, 4.69) is 13.8 Å². The Bertz CT molecular complexity index is 136. The van der Waals surface area contributed by atoms with Gasteiger partial charge in [0.25, 0.3) is 0 Å². The number of rotatable bonds is 3. The molecule has 1 heterocycles. The second kappa shape index (κ2) is 4.21. The molecule has 0 aromatic rings. The molecule has 0 aromatic carbocycles. The third-order valence-electron chi connectivity index (χ3n) is 2.59. The van der Waals surface area contributed by atoms with Crippen LogP contribution in [-0.4, -0.2) is 32.7 Å². The lowest BCUT2D eigenvalue weighted by Crippen LogP contribution is -2.29. The smallest absolute Gasteiger partial charge is 0.184 e. The van der Waals surface area contributed by atoms with Gasteiger partial charge in [-0.1, -0.05) is 13.8 Å². The molecule has 3 heteroatoms. The number of methoxy groups -OCH3 is 2. The van der Waals surface area contributed by atoms with Gasteiger partial charge in [0.15, 0.2) is 6.29 Å². The summed E-state index contributed by atoms with van der Waals surface area (Å²) in [5.74, 6) is 0.421. The van der Waals surface area contributed by atoms with Crippen molar-refractivity contribution in [2.75, 3.05) is 14.2 Å². The predicted octanol–water partition coefficient (Wildman–Crippen LogP) is 1.42. The summed E-state index contributed by atoms with van der Waals surface area (Å²) in [5, 5.41) is 0. The lowest BCUT2D eigenvalue weighted by Gasteiger charge is -2.17. The van der Waals surface area contributed by atoms with E-state index in [9.17, 15) is 0 Å². The maximum absolute atomic E-state index is 5.63. The molecular weight excluding hydrogens is 156 g/mol. The minimum absolute atomic E-state index is 0.0833. The van der Waals surface area contributed by atoms with Crippen LogP contribution in [-0.2, 0) is 14.2 Å². The van der Waals surface area contributed by atoms with Gasteiger partial charge < -0.3 is 14.2 Å². The van der Waals surface area contributed by atoms with Crippen LogP contribution < -0.4 is 0 Å². The molecule has 4 atom stereocenters. The summed E-state index contributed by atoms with van der Waals surface area (Å²) in [6.45, 7) is 4.26. The van der Waals surface area contributed by atoms with Gasteiger partial charge in [0.05, 0.1) is 6.10 Å². The van der Waals surface area contributed by atoms with E-state index in [4.69, 9.17) is 14.2 Å². The largest absolute Gasteiger partial charge is 0.376 e.